The smallest absolute Gasteiger partial charge is 0.326 e. The largest absolute Gasteiger partial charge is 0.416 e. The third-order valence-corrected chi connectivity index (χ3v) is 5.83. The number of benzene rings is 2. The Morgan fingerprint density at radius 2 is 1.76 bits per heavy atom. The molecule has 0 radical (unpaired) electrons. The van der Waals surface area contributed by atoms with E-state index in [1.54, 1.807) is 24.5 Å². The van der Waals surface area contributed by atoms with Gasteiger partial charge in [-0.1, -0.05) is 0 Å². The zero-order valence-electron chi connectivity index (χ0n) is 14.7. The summed E-state index contributed by atoms with van der Waals surface area (Å²) in [5.41, 5.74) is 0.0683. The van der Waals surface area contributed by atoms with Gasteiger partial charge in [-0.05, 0) is 54.1 Å². The number of anilines is 2. The zero-order chi connectivity index (χ0) is 20.8. The SMILES string of the molecule is O=C1Cc2cc(S(=O)(=O)Nc3cc(C(F)(F)F)ccc3-n3cccc3)ccc2N1. The van der Waals surface area contributed by atoms with Crippen LogP contribution in [0.15, 0.2) is 65.8 Å². The molecule has 1 amide bonds. The molecule has 29 heavy (non-hydrogen) atoms. The molecule has 0 atom stereocenters. The van der Waals surface area contributed by atoms with E-state index >= 15 is 0 Å². The van der Waals surface area contributed by atoms with E-state index in [-0.39, 0.29) is 28.6 Å². The van der Waals surface area contributed by atoms with Crippen LogP contribution in [0.5, 0.6) is 0 Å². The van der Waals surface area contributed by atoms with Crippen LogP contribution in [0.25, 0.3) is 5.69 Å². The average Bonchev–Trinajstić information content (AvgIpc) is 3.28. The molecular weight excluding hydrogens is 407 g/mol. The van der Waals surface area contributed by atoms with E-state index < -0.39 is 21.8 Å². The quantitative estimate of drug-likeness (QED) is 0.673. The van der Waals surface area contributed by atoms with Crippen molar-refractivity contribution in [3.05, 3.63) is 72.1 Å². The molecule has 4 rings (SSSR count). The maximum absolute atomic E-state index is 13.2. The number of fused-ring (bicyclic) bond motifs is 1. The van der Waals surface area contributed by atoms with Gasteiger partial charge in [0, 0.05) is 18.1 Å². The lowest BCUT2D eigenvalue weighted by Crippen LogP contribution is -2.16. The second-order valence-electron chi connectivity index (χ2n) is 6.47. The van der Waals surface area contributed by atoms with E-state index in [4.69, 9.17) is 0 Å². The molecule has 2 aromatic carbocycles. The lowest BCUT2D eigenvalue weighted by molar-refractivity contribution is -0.137. The fraction of sp³-hybridized carbons (Fsp3) is 0.105. The first-order valence-electron chi connectivity index (χ1n) is 8.44. The maximum Gasteiger partial charge on any atom is 0.416 e. The Morgan fingerprint density at radius 3 is 2.45 bits per heavy atom. The standard InChI is InChI=1S/C19H14F3N3O3S/c20-19(21,22)13-3-6-17(25-7-1-2-8-25)16(11-13)24-29(27,28)14-4-5-15-12(9-14)10-18(26)23-15/h1-9,11,24H,10H2,(H,23,26). The maximum atomic E-state index is 13.2. The third kappa shape index (κ3) is 3.70. The molecular formula is C19H14F3N3O3S. The highest BCUT2D eigenvalue weighted by atomic mass is 32.2. The number of nitrogens with zero attached hydrogens (tertiary/aromatic N) is 1. The van der Waals surface area contributed by atoms with Gasteiger partial charge in [0.2, 0.25) is 5.91 Å². The topological polar surface area (TPSA) is 80.2 Å². The van der Waals surface area contributed by atoms with Gasteiger partial charge < -0.3 is 9.88 Å². The number of carbonyl (C=O) groups excluding carboxylic acids is 1. The number of hydrogen-bond donors (Lipinski definition) is 2. The number of aromatic nitrogens is 1. The molecule has 0 spiro atoms. The molecule has 2 N–H and O–H groups in total. The van der Waals surface area contributed by atoms with Gasteiger partial charge in [-0.2, -0.15) is 13.2 Å². The molecule has 150 valence electrons. The molecule has 2 heterocycles. The van der Waals surface area contributed by atoms with Crippen LogP contribution in [0.4, 0.5) is 24.5 Å². The highest BCUT2D eigenvalue weighted by molar-refractivity contribution is 7.92. The molecule has 10 heteroatoms. The van der Waals surface area contributed by atoms with Crippen LogP contribution in [0, 0.1) is 0 Å². The Labute approximate surface area is 164 Å². The van der Waals surface area contributed by atoms with Gasteiger partial charge in [-0.25, -0.2) is 8.42 Å². The fourth-order valence-corrected chi connectivity index (χ4v) is 4.21. The van der Waals surface area contributed by atoms with Gasteiger partial charge in [0.25, 0.3) is 10.0 Å². The van der Waals surface area contributed by atoms with Gasteiger partial charge in [-0.15, -0.1) is 0 Å². The number of halogens is 3. The van der Waals surface area contributed by atoms with Gasteiger partial charge >= 0.3 is 6.18 Å². The molecule has 0 unspecified atom stereocenters. The highest BCUT2D eigenvalue weighted by Gasteiger charge is 2.32. The summed E-state index contributed by atoms with van der Waals surface area (Å²) in [6.45, 7) is 0. The van der Waals surface area contributed by atoms with Crippen molar-refractivity contribution in [3.63, 3.8) is 0 Å². The Kier molecular flexibility index (Phi) is 4.38. The summed E-state index contributed by atoms with van der Waals surface area (Å²) >= 11 is 0. The predicted molar refractivity (Wildman–Crippen MR) is 100 cm³/mol. The van der Waals surface area contributed by atoms with Crippen molar-refractivity contribution in [2.45, 2.75) is 17.5 Å². The number of carbonyl (C=O) groups is 1. The molecule has 0 bridgehead atoms. The molecule has 1 aliphatic heterocycles. The van der Waals surface area contributed by atoms with Gasteiger partial charge in [-0.3, -0.25) is 9.52 Å². The molecule has 0 fully saturated rings. The van der Waals surface area contributed by atoms with Crippen LogP contribution in [-0.4, -0.2) is 18.9 Å². The summed E-state index contributed by atoms with van der Waals surface area (Å²) in [6, 6.07) is 10.3. The number of amides is 1. The highest BCUT2D eigenvalue weighted by Crippen LogP contribution is 2.35. The van der Waals surface area contributed by atoms with Gasteiger partial charge in [0.1, 0.15) is 0 Å². The second-order valence-corrected chi connectivity index (χ2v) is 8.15. The summed E-state index contributed by atoms with van der Waals surface area (Å²) in [7, 11) is -4.20. The molecule has 0 aliphatic carbocycles. The van der Waals surface area contributed by atoms with Crippen molar-refractivity contribution in [1.82, 2.24) is 4.57 Å². The predicted octanol–water partition coefficient (Wildman–Crippen LogP) is 3.79. The first kappa shape index (κ1) is 19.1. The van der Waals surface area contributed by atoms with Crippen LogP contribution >= 0.6 is 0 Å². The van der Waals surface area contributed by atoms with Crippen LogP contribution in [0.3, 0.4) is 0 Å². The zero-order valence-corrected chi connectivity index (χ0v) is 15.5. The average molecular weight is 421 g/mol. The third-order valence-electron chi connectivity index (χ3n) is 4.46. The summed E-state index contributed by atoms with van der Waals surface area (Å²) in [6.07, 6.45) is -1.41. The number of nitrogens with one attached hydrogen (secondary N) is 2. The molecule has 0 saturated heterocycles. The monoisotopic (exact) mass is 421 g/mol. The summed E-state index contributed by atoms with van der Waals surface area (Å²) < 4.78 is 69.0. The fourth-order valence-electron chi connectivity index (χ4n) is 3.09. The Balaban J connectivity index is 1.76. The molecule has 6 nitrogen and oxygen atoms in total. The molecule has 0 saturated carbocycles. The first-order valence-corrected chi connectivity index (χ1v) is 9.92. The summed E-state index contributed by atoms with van der Waals surface area (Å²) in [4.78, 5) is 11.3. The van der Waals surface area contributed by atoms with Crippen LogP contribution in [-0.2, 0) is 27.4 Å². The van der Waals surface area contributed by atoms with Crippen molar-refractivity contribution in [2.75, 3.05) is 10.0 Å². The number of rotatable bonds is 4. The van der Waals surface area contributed by atoms with Crippen LogP contribution in [0.2, 0.25) is 0 Å². The first-order chi connectivity index (χ1) is 13.6. The van der Waals surface area contributed by atoms with Crippen molar-refractivity contribution >= 4 is 27.3 Å². The Morgan fingerprint density at radius 1 is 1.03 bits per heavy atom. The van der Waals surface area contributed by atoms with Crippen LogP contribution < -0.4 is 10.0 Å². The van der Waals surface area contributed by atoms with E-state index in [2.05, 4.69) is 10.0 Å². The van der Waals surface area contributed by atoms with E-state index in [0.717, 1.165) is 12.1 Å². The minimum Gasteiger partial charge on any atom is -0.326 e. The van der Waals surface area contributed by atoms with E-state index in [1.165, 1.54) is 28.8 Å². The van der Waals surface area contributed by atoms with Gasteiger partial charge in [0.15, 0.2) is 0 Å². The van der Waals surface area contributed by atoms with Crippen molar-refractivity contribution in [2.24, 2.45) is 0 Å². The molecule has 1 aliphatic rings. The van der Waals surface area contributed by atoms with Crippen molar-refractivity contribution in [3.8, 4) is 5.69 Å². The minimum absolute atomic E-state index is 0.0386. The Bertz CT molecular complexity index is 1200. The lowest BCUT2D eigenvalue weighted by Gasteiger charge is -2.16. The van der Waals surface area contributed by atoms with Crippen molar-refractivity contribution < 1.29 is 26.4 Å². The summed E-state index contributed by atoms with van der Waals surface area (Å²) in [5, 5.41) is 2.59. The second kappa shape index (κ2) is 6.66. The van der Waals surface area contributed by atoms with Crippen LogP contribution in [0.1, 0.15) is 11.1 Å². The number of alkyl halides is 3. The lowest BCUT2D eigenvalue weighted by atomic mass is 10.1. The molecule has 1 aromatic heterocycles. The van der Waals surface area contributed by atoms with Gasteiger partial charge in [0.05, 0.1) is 28.3 Å². The number of sulfonamides is 1. The minimum atomic E-state index is -4.63. The molecule has 3 aromatic rings. The summed E-state index contributed by atoms with van der Waals surface area (Å²) in [5.74, 6) is -0.254. The van der Waals surface area contributed by atoms with E-state index in [1.807, 2.05) is 0 Å². The Hall–Kier alpha value is -3.27. The normalized spacial score (nSPS) is 13.8. The van der Waals surface area contributed by atoms with Crippen molar-refractivity contribution in [1.29, 1.82) is 0 Å². The van der Waals surface area contributed by atoms with E-state index in [0.29, 0.717) is 11.3 Å². The van der Waals surface area contributed by atoms with E-state index in [9.17, 15) is 26.4 Å². The number of hydrogen-bond acceptors (Lipinski definition) is 3.